The van der Waals surface area contributed by atoms with Gasteiger partial charge < -0.3 is 9.67 Å². The fourth-order valence-corrected chi connectivity index (χ4v) is 3.19. The molecule has 106 valence electrons. The van der Waals surface area contributed by atoms with E-state index in [2.05, 4.69) is 16.5 Å². The van der Waals surface area contributed by atoms with E-state index in [1.54, 1.807) is 13.0 Å². The summed E-state index contributed by atoms with van der Waals surface area (Å²) in [6.45, 7) is 3.85. The quantitative estimate of drug-likeness (QED) is 0.880. The Morgan fingerprint density at radius 2 is 2.25 bits per heavy atom. The number of rotatable bonds is 4. The van der Waals surface area contributed by atoms with Crippen molar-refractivity contribution in [3.8, 4) is 0 Å². The smallest absolute Gasteiger partial charge is 0.313 e. The van der Waals surface area contributed by atoms with Crippen LogP contribution in [0.3, 0.4) is 0 Å². The van der Waals surface area contributed by atoms with E-state index in [4.69, 9.17) is 5.11 Å². The molecule has 1 aliphatic carbocycles. The van der Waals surface area contributed by atoms with Crippen LogP contribution in [0, 0.1) is 12.7 Å². The topological polar surface area (TPSA) is 55.1 Å². The van der Waals surface area contributed by atoms with Gasteiger partial charge in [-0.25, -0.2) is 9.37 Å². The molecule has 1 saturated carbocycles. The van der Waals surface area contributed by atoms with Gasteiger partial charge in [-0.15, -0.1) is 0 Å². The molecule has 20 heavy (non-hydrogen) atoms. The van der Waals surface area contributed by atoms with Gasteiger partial charge in [0.05, 0.1) is 16.8 Å². The number of carboxylic acid groups (broad SMARTS) is 1. The van der Waals surface area contributed by atoms with E-state index >= 15 is 0 Å². The van der Waals surface area contributed by atoms with E-state index < -0.39 is 5.97 Å². The molecule has 3 rings (SSSR count). The number of benzene rings is 1. The van der Waals surface area contributed by atoms with E-state index in [1.165, 1.54) is 17.8 Å². The largest absolute Gasteiger partial charge is 0.481 e. The lowest BCUT2D eigenvalue weighted by Crippen LogP contribution is -2.14. The van der Waals surface area contributed by atoms with Gasteiger partial charge in [-0.05, 0) is 38.3 Å². The molecule has 0 spiro atoms. The number of carbonyl (C=O) groups is 1. The summed E-state index contributed by atoms with van der Waals surface area (Å²) >= 11 is 1.19. The monoisotopic (exact) mass is 294 g/mol. The van der Waals surface area contributed by atoms with Crippen LogP contribution < -0.4 is 0 Å². The van der Waals surface area contributed by atoms with E-state index in [9.17, 15) is 9.18 Å². The Kier molecular flexibility index (Phi) is 3.01. The lowest BCUT2D eigenvalue weighted by Gasteiger charge is -2.15. The molecule has 1 fully saturated rings. The maximum Gasteiger partial charge on any atom is 0.313 e. The summed E-state index contributed by atoms with van der Waals surface area (Å²) < 4.78 is 15.7. The molecular weight excluding hydrogens is 279 g/mol. The number of imidazole rings is 1. The summed E-state index contributed by atoms with van der Waals surface area (Å²) in [6.07, 6.45) is 2.07. The molecule has 0 saturated heterocycles. The molecule has 6 heteroatoms. The first-order valence-electron chi connectivity index (χ1n) is 6.44. The first-order valence-corrected chi connectivity index (χ1v) is 7.43. The number of aromatic nitrogens is 2. The van der Waals surface area contributed by atoms with Crippen molar-refractivity contribution in [3.05, 3.63) is 23.5 Å². The maximum atomic E-state index is 13.7. The average Bonchev–Trinajstić information content (AvgIpc) is 3.00. The van der Waals surface area contributed by atoms with Crippen LogP contribution >= 0.6 is 11.8 Å². The molecule has 0 aliphatic heterocycles. The van der Waals surface area contributed by atoms with Crippen LogP contribution in [0.4, 0.5) is 4.39 Å². The van der Waals surface area contributed by atoms with Crippen molar-refractivity contribution < 1.29 is 14.3 Å². The molecule has 0 unspecified atom stereocenters. The second kappa shape index (κ2) is 4.48. The third-order valence-corrected chi connectivity index (χ3v) is 4.67. The minimum Gasteiger partial charge on any atom is -0.481 e. The van der Waals surface area contributed by atoms with E-state index in [0.717, 1.165) is 18.4 Å². The number of aryl methyl sites for hydroxylation is 1. The predicted octanol–water partition coefficient (Wildman–Crippen LogP) is 3.17. The predicted molar refractivity (Wildman–Crippen MR) is 75.7 cm³/mol. The lowest BCUT2D eigenvalue weighted by molar-refractivity contribution is -0.133. The van der Waals surface area contributed by atoms with Crippen LogP contribution in [0.5, 0.6) is 0 Å². The van der Waals surface area contributed by atoms with Crippen LogP contribution in [-0.2, 0) is 10.3 Å². The standard InChI is InChI=1S/C14H15FN2O2S/c1-8-5-11-10(6-9(8)15)16-13(20-7-12(18)19)17(11)14(2)3-4-14/h5-6H,3-4,7H2,1-2H3,(H,18,19). The Morgan fingerprint density at radius 1 is 1.55 bits per heavy atom. The molecule has 1 aromatic carbocycles. The van der Waals surface area contributed by atoms with Gasteiger partial charge in [-0.1, -0.05) is 11.8 Å². The van der Waals surface area contributed by atoms with Crippen molar-refractivity contribution >= 4 is 28.8 Å². The van der Waals surface area contributed by atoms with Crippen molar-refractivity contribution in [3.63, 3.8) is 0 Å². The molecule has 0 amide bonds. The summed E-state index contributed by atoms with van der Waals surface area (Å²) in [4.78, 5) is 15.2. The normalized spacial score (nSPS) is 16.6. The highest BCUT2D eigenvalue weighted by Gasteiger charge is 2.42. The van der Waals surface area contributed by atoms with Crippen LogP contribution in [-0.4, -0.2) is 26.4 Å². The molecule has 0 atom stereocenters. The van der Waals surface area contributed by atoms with Gasteiger partial charge in [0, 0.05) is 11.6 Å². The van der Waals surface area contributed by atoms with Gasteiger partial charge in [0.1, 0.15) is 5.82 Å². The fourth-order valence-electron chi connectivity index (χ4n) is 2.33. The molecule has 1 aliphatic rings. The zero-order valence-corrected chi connectivity index (χ0v) is 12.1. The molecule has 4 nitrogen and oxygen atoms in total. The zero-order valence-electron chi connectivity index (χ0n) is 11.3. The number of fused-ring (bicyclic) bond motifs is 1. The first-order chi connectivity index (χ1) is 9.40. The fraction of sp³-hybridized carbons (Fsp3) is 0.429. The number of hydrogen-bond acceptors (Lipinski definition) is 3. The number of halogens is 1. The SMILES string of the molecule is Cc1cc2c(cc1F)nc(SCC(=O)O)n2C1(C)CC1. The van der Waals surface area contributed by atoms with Gasteiger partial charge >= 0.3 is 5.97 Å². The highest BCUT2D eigenvalue weighted by molar-refractivity contribution is 7.99. The van der Waals surface area contributed by atoms with Gasteiger partial charge in [-0.3, -0.25) is 4.79 Å². The highest BCUT2D eigenvalue weighted by Crippen LogP contribution is 2.47. The van der Waals surface area contributed by atoms with Crippen LogP contribution in [0.15, 0.2) is 17.3 Å². The van der Waals surface area contributed by atoms with Crippen molar-refractivity contribution in [2.75, 3.05) is 5.75 Å². The van der Waals surface area contributed by atoms with Crippen molar-refractivity contribution in [2.24, 2.45) is 0 Å². The molecule has 1 N–H and O–H groups in total. The lowest BCUT2D eigenvalue weighted by atomic mass is 10.2. The summed E-state index contributed by atoms with van der Waals surface area (Å²) in [5, 5.41) is 9.49. The Hall–Kier alpha value is -1.56. The third-order valence-electron chi connectivity index (χ3n) is 3.74. The second-order valence-electron chi connectivity index (χ2n) is 5.50. The Morgan fingerprint density at radius 3 is 2.85 bits per heavy atom. The molecule has 0 radical (unpaired) electrons. The number of nitrogens with zero attached hydrogens (tertiary/aromatic N) is 2. The maximum absolute atomic E-state index is 13.7. The Labute approximate surface area is 120 Å². The summed E-state index contributed by atoms with van der Waals surface area (Å²) in [5.74, 6) is -1.20. The second-order valence-corrected chi connectivity index (χ2v) is 6.44. The molecular formula is C14H15FN2O2S. The van der Waals surface area contributed by atoms with Gasteiger partial charge in [0.2, 0.25) is 0 Å². The average molecular weight is 294 g/mol. The zero-order chi connectivity index (χ0) is 14.5. The summed E-state index contributed by atoms with van der Waals surface area (Å²) in [6, 6.07) is 3.23. The Bertz CT molecular complexity index is 707. The highest BCUT2D eigenvalue weighted by atomic mass is 32.2. The van der Waals surface area contributed by atoms with E-state index in [0.29, 0.717) is 16.2 Å². The number of aliphatic carboxylic acids is 1. The molecule has 1 heterocycles. The van der Waals surface area contributed by atoms with Crippen molar-refractivity contribution in [1.82, 2.24) is 9.55 Å². The first kappa shape index (κ1) is 13.4. The number of carboxylic acids is 1. The van der Waals surface area contributed by atoms with Crippen LogP contribution in [0.2, 0.25) is 0 Å². The van der Waals surface area contributed by atoms with Crippen molar-refractivity contribution in [2.45, 2.75) is 37.4 Å². The Balaban J connectivity index is 2.15. The summed E-state index contributed by atoms with van der Waals surface area (Å²) in [7, 11) is 0. The third kappa shape index (κ3) is 2.18. The van der Waals surface area contributed by atoms with Crippen LogP contribution in [0.25, 0.3) is 11.0 Å². The van der Waals surface area contributed by atoms with Gasteiger partial charge in [0.25, 0.3) is 0 Å². The van der Waals surface area contributed by atoms with E-state index in [1.807, 2.05) is 0 Å². The van der Waals surface area contributed by atoms with Crippen molar-refractivity contribution in [1.29, 1.82) is 0 Å². The molecule has 1 aromatic heterocycles. The molecule has 2 aromatic rings. The molecule has 0 bridgehead atoms. The summed E-state index contributed by atoms with van der Waals surface area (Å²) in [5.41, 5.74) is 2.04. The van der Waals surface area contributed by atoms with Crippen LogP contribution in [0.1, 0.15) is 25.3 Å². The van der Waals surface area contributed by atoms with E-state index in [-0.39, 0.29) is 17.1 Å². The number of hydrogen-bond donors (Lipinski definition) is 1. The minimum absolute atomic E-state index is 0.0140. The minimum atomic E-state index is -0.878. The van der Waals surface area contributed by atoms with Gasteiger partial charge in [-0.2, -0.15) is 0 Å². The van der Waals surface area contributed by atoms with Gasteiger partial charge in [0.15, 0.2) is 5.16 Å². The number of thioether (sulfide) groups is 1.